The van der Waals surface area contributed by atoms with Crippen molar-refractivity contribution in [1.82, 2.24) is 0 Å². The number of hydrogen-bond donors (Lipinski definition) is 0. The Bertz CT molecular complexity index is 660. The second kappa shape index (κ2) is 5.88. The number of benzene rings is 2. The van der Waals surface area contributed by atoms with E-state index in [0.29, 0.717) is 11.7 Å². The van der Waals surface area contributed by atoms with E-state index in [4.69, 9.17) is 4.74 Å². The van der Waals surface area contributed by atoms with E-state index < -0.39 is 0 Å². The highest BCUT2D eigenvalue weighted by Crippen LogP contribution is 2.35. The lowest BCUT2D eigenvalue weighted by Gasteiger charge is -2.18. The fourth-order valence-electron chi connectivity index (χ4n) is 3.53. The maximum atomic E-state index is 11.9. The molecule has 2 atom stereocenters. The van der Waals surface area contributed by atoms with Crippen LogP contribution in [0.5, 0.6) is 5.75 Å². The molecule has 3 rings (SSSR count). The fraction of sp³-hybridized carbons (Fsp3) is 0.421. The first kappa shape index (κ1) is 14.1. The first-order valence-corrected chi connectivity index (χ1v) is 7.78. The van der Waals surface area contributed by atoms with Crippen molar-refractivity contribution < 1.29 is 9.53 Å². The molecule has 0 bridgehead atoms. The SMILES string of the molecule is COc1ccc2c(C(C)CC3CCCC3=O)cccc2c1. The van der Waals surface area contributed by atoms with Crippen LogP contribution in [0.4, 0.5) is 0 Å². The smallest absolute Gasteiger partial charge is 0.135 e. The van der Waals surface area contributed by atoms with Crippen LogP contribution >= 0.6 is 0 Å². The van der Waals surface area contributed by atoms with Crippen LogP contribution in [-0.2, 0) is 4.79 Å². The molecule has 0 aliphatic heterocycles. The highest BCUT2D eigenvalue weighted by Gasteiger charge is 2.26. The molecule has 0 radical (unpaired) electrons. The largest absolute Gasteiger partial charge is 0.497 e. The molecule has 2 heteroatoms. The lowest BCUT2D eigenvalue weighted by Crippen LogP contribution is -2.10. The standard InChI is InChI=1S/C19H22O2/c1-13(11-15-6-4-8-19(15)20)17-7-3-5-14-12-16(21-2)9-10-18(14)17/h3,5,7,9-10,12-13,15H,4,6,8,11H2,1-2H3. The Morgan fingerprint density at radius 1 is 1.29 bits per heavy atom. The number of ketones is 1. The summed E-state index contributed by atoms with van der Waals surface area (Å²) in [5.41, 5.74) is 1.34. The Morgan fingerprint density at radius 2 is 2.14 bits per heavy atom. The molecule has 2 aromatic rings. The van der Waals surface area contributed by atoms with Crippen molar-refractivity contribution in [2.45, 2.75) is 38.5 Å². The van der Waals surface area contributed by atoms with E-state index in [-0.39, 0.29) is 5.92 Å². The highest BCUT2D eigenvalue weighted by molar-refractivity contribution is 5.87. The molecule has 0 N–H and O–H groups in total. The average molecular weight is 282 g/mol. The van der Waals surface area contributed by atoms with E-state index in [1.165, 1.54) is 16.3 Å². The van der Waals surface area contributed by atoms with Gasteiger partial charge in [0.1, 0.15) is 11.5 Å². The summed E-state index contributed by atoms with van der Waals surface area (Å²) in [6.07, 6.45) is 3.90. The molecule has 0 heterocycles. The Kier molecular flexibility index (Phi) is 3.96. The van der Waals surface area contributed by atoms with E-state index in [2.05, 4.69) is 37.3 Å². The van der Waals surface area contributed by atoms with E-state index in [1.54, 1.807) is 7.11 Å². The third kappa shape index (κ3) is 2.80. The highest BCUT2D eigenvalue weighted by atomic mass is 16.5. The summed E-state index contributed by atoms with van der Waals surface area (Å²) in [6, 6.07) is 12.6. The van der Waals surface area contributed by atoms with Crippen molar-refractivity contribution in [2.75, 3.05) is 7.11 Å². The summed E-state index contributed by atoms with van der Waals surface area (Å²) in [5.74, 6) is 2.03. The molecule has 2 nitrogen and oxygen atoms in total. The van der Waals surface area contributed by atoms with Gasteiger partial charge in [0, 0.05) is 12.3 Å². The van der Waals surface area contributed by atoms with Gasteiger partial charge in [0.15, 0.2) is 0 Å². The van der Waals surface area contributed by atoms with Gasteiger partial charge in [-0.05, 0) is 53.6 Å². The summed E-state index contributed by atoms with van der Waals surface area (Å²) in [7, 11) is 1.69. The van der Waals surface area contributed by atoms with Crippen molar-refractivity contribution in [1.29, 1.82) is 0 Å². The van der Waals surface area contributed by atoms with Crippen molar-refractivity contribution in [2.24, 2.45) is 5.92 Å². The molecule has 1 fully saturated rings. The predicted molar refractivity (Wildman–Crippen MR) is 85.9 cm³/mol. The van der Waals surface area contributed by atoms with Crippen LogP contribution in [0.3, 0.4) is 0 Å². The minimum atomic E-state index is 0.272. The number of methoxy groups -OCH3 is 1. The average Bonchev–Trinajstić information content (AvgIpc) is 2.91. The first-order chi connectivity index (χ1) is 10.2. The Hall–Kier alpha value is -1.83. The van der Waals surface area contributed by atoms with Gasteiger partial charge < -0.3 is 4.74 Å². The first-order valence-electron chi connectivity index (χ1n) is 7.78. The van der Waals surface area contributed by atoms with Crippen LogP contribution in [0.15, 0.2) is 36.4 Å². The van der Waals surface area contributed by atoms with Crippen LogP contribution < -0.4 is 4.74 Å². The van der Waals surface area contributed by atoms with Gasteiger partial charge in [0.05, 0.1) is 7.11 Å². The van der Waals surface area contributed by atoms with Crippen molar-refractivity contribution in [3.8, 4) is 5.75 Å². The molecule has 0 saturated heterocycles. The van der Waals surface area contributed by atoms with Gasteiger partial charge in [-0.3, -0.25) is 4.79 Å². The van der Waals surface area contributed by atoms with Crippen LogP contribution in [0, 0.1) is 5.92 Å². The molecule has 1 aliphatic rings. The number of carbonyl (C=O) groups is 1. The molecule has 1 saturated carbocycles. The van der Waals surface area contributed by atoms with Gasteiger partial charge in [0.2, 0.25) is 0 Å². The second-order valence-electron chi connectivity index (χ2n) is 6.13. The van der Waals surface area contributed by atoms with Crippen LogP contribution in [0.2, 0.25) is 0 Å². The number of hydrogen-bond acceptors (Lipinski definition) is 2. The van der Waals surface area contributed by atoms with Crippen LogP contribution in [0.1, 0.15) is 44.1 Å². The topological polar surface area (TPSA) is 26.3 Å². The fourth-order valence-corrected chi connectivity index (χ4v) is 3.53. The van der Waals surface area contributed by atoms with E-state index in [0.717, 1.165) is 31.4 Å². The van der Waals surface area contributed by atoms with E-state index in [9.17, 15) is 4.79 Å². The summed E-state index contributed by atoms with van der Waals surface area (Å²) in [5, 5.41) is 2.48. The van der Waals surface area contributed by atoms with Gasteiger partial charge in [-0.25, -0.2) is 0 Å². The molecular formula is C19H22O2. The van der Waals surface area contributed by atoms with Gasteiger partial charge in [-0.15, -0.1) is 0 Å². The van der Waals surface area contributed by atoms with Crippen molar-refractivity contribution >= 4 is 16.6 Å². The molecule has 2 unspecified atom stereocenters. The van der Waals surface area contributed by atoms with Crippen molar-refractivity contribution in [3.63, 3.8) is 0 Å². The number of Topliss-reactive ketones (excluding diaryl/α,β-unsaturated/α-hetero) is 1. The normalized spacial score (nSPS) is 19.9. The zero-order valence-electron chi connectivity index (χ0n) is 12.8. The minimum Gasteiger partial charge on any atom is -0.497 e. The molecule has 2 aromatic carbocycles. The molecule has 110 valence electrons. The van der Waals surface area contributed by atoms with E-state index in [1.807, 2.05) is 6.07 Å². The molecule has 21 heavy (non-hydrogen) atoms. The molecule has 0 aromatic heterocycles. The zero-order chi connectivity index (χ0) is 14.8. The number of ether oxygens (including phenoxy) is 1. The zero-order valence-corrected chi connectivity index (χ0v) is 12.8. The summed E-state index contributed by atoms with van der Waals surface area (Å²) in [4.78, 5) is 11.9. The molecule has 1 aliphatic carbocycles. The maximum Gasteiger partial charge on any atom is 0.135 e. The van der Waals surface area contributed by atoms with Crippen molar-refractivity contribution in [3.05, 3.63) is 42.0 Å². The molecule has 0 spiro atoms. The predicted octanol–water partition coefficient (Wildman–Crippen LogP) is 4.71. The van der Waals surface area contributed by atoms with Crippen LogP contribution in [0.25, 0.3) is 10.8 Å². The second-order valence-corrected chi connectivity index (χ2v) is 6.13. The van der Waals surface area contributed by atoms with E-state index >= 15 is 0 Å². The summed E-state index contributed by atoms with van der Waals surface area (Å²) in [6.45, 7) is 2.24. The third-order valence-electron chi connectivity index (χ3n) is 4.72. The Balaban J connectivity index is 1.90. The maximum absolute atomic E-state index is 11.9. The molecular weight excluding hydrogens is 260 g/mol. The lowest BCUT2D eigenvalue weighted by molar-refractivity contribution is -0.120. The van der Waals surface area contributed by atoms with Gasteiger partial charge in [-0.1, -0.05) is 31.2 Å². The minimum absolute atomic E-state index is 0.272. The summed E-state index contributed by atoms with van der Waals surface area (Å²) < 4.78 is 5.30. The van der Waals surface area contributed by atoms with Gasteiger partial charge in [-0.2, -0.15) is 0 Å². The summed E-state index contributed by atoms with van der Waals surface area (Å²) >= 11 is 0. The third-order valence-corrected chi connectivity index (χ3v) is 4.72. The number of carbonyl (C=O) groups excluding carboxylic acids is 1. The number of fused-ring (bicyclic) bond motifs is 1. The Labute approximate surface area is 126 Å². The molecule has 0 amide bonds. The van der Waals surface area contributed by atoms with Gasteiger partial charge in [0.25, 0.3) is 0 Å². The quantitative estimate of drug-likeness (QED) is 0.811. The monoisotopic (exact) mass is 282 g/mol. The lowest BCUT2D eigenvalue weighted by atomic mass is 9.86. The Morgan fingerprint density at radius 3 is 2.86 bits per heavy atom. The van der Waals surface area contributed by atoms with Gasteiger partial charge >= 0.3 is 0 Å². The number of rotatable bonds is 4. The van der Waals surface area contributed by atoms with Crippen LogP contribution in [-0.4, -0.2) is 12.9 Å².